The van der Waals surface area contributed by atoms with Gasteiger partial charge in [-0.15, -0.1) is 0 Å². The van der Waals surface area contributed by atoms with Gasteiger partial charge in [0.1, 0.15) is 11.6 Å². The van der Waals surface area contributed by atoms with E-state index in [-0.39, 0.29) is 5.91 Å². The number of amides is 1. The largest absolute Gasteiger partial charge is 0.353 e. The van der Waals surface area contributed by atoms with Crippen molar-refractivity contribution in [2.24, 2.45) is 0 Å². The third-order valence-electron chi connectivity index (χ3n) is 5.70. The molecule has 0 saturated carbocycles. The molecule has 1 fully saturated rings. The summed E-state index contributed by atoms with van der Waals surface area (Å²) in [5, 5.41) is 0.735. The Morgan fingerprint density at radius 1 is 0.968 bits per heavy atom. The van der Waals surface area contributed by atoms with E-state index in [0.717, 1.165) is 53.9 Å². The lowest BCUT2D eigenvalue weighted by atomic mass is 10.0. The molecule has 0 atom stereocenters. The van der Waals surface area contributed by atoms with Crippen molar-refractivity contribution in [1.82, 2.24) is 14.9 Å². The highest BCUT2D eigenvalue weighted by Crippen LogP contribution is 2.26. The van der Waals surface area contributed by atoms with Gasteiger partial charge in [-0.2, -0.15) is 0 Å². The molecule has 0 unspecified atom stereocenters. The number of nitrogens with zero attached hydrogens (tertiary/aromatic N) is 4. The summed E-state index contributed by atoms with van der Waals surface area (Å²) >= 11 is 6.07. The van der Waals surface area contributed by atoms with E-state index in [1.807, 2.05) is 54.3 Å². The second kappa shape index (κ2) is 9.48. The Morgan fingerprint density at radius 3 is 2.29 bits per heavy atom. The second-order valence-electron chi connectivity index (χ2n) is 7.82. The summed E-state index contributed by atoms with van der Waals surface area (Å²) in [4.78, 5) is 26.6. The highest BCUT2D eigenvalue weighted by atomic mass is 35.5. The van der Waals surface area contributed by atoms with Crippen LogP contribution >= 0.6 is 11.6 Å². The molecule has 0 aliphatic carbocycles. The third kappa shape index (κ3) is 4.88. The molecular formula is C25H27ClN4O. The van der Waals surface area contributed by atoms with E-state index in [4.69, 9.17) is 21.6 Å². The first kappa shape index (κ1) is 21.3. The lowest BCUT2D eigenvalue weighted by Crippen LogP contribution is -2.49. The monoisotopic (exact) mass is 434 g/mol. The van der Waals surface area contributed by atoms with Gasteiger partial charge in [0.25, 0.3) is 5.91 Å². The van der Waals surface area contributed by atoms with Gasteiger partial charge in [0.2, 0.25) is 0 Å². The molecule has 1 aromatic heterocycles. The highest BCUT2D eigenvalue weighted by Gasteiger charge is 2.25. The fourth-order valence-electron chi connectivity index (χ4n) is 4.06. The number of hydrogen-bond donors (Lipinski definition) is 0. The molecule has 6 heteroatoms. The van der Waals surface area contributed by atoms with Crippen LogP contribution in [0.15, 0.2) is 54.6 Å². The van der Waals surface area contributed by atoms with Crippen LogP contribution in [-0.4, -0.2) is 47.0 Å². The van der Waals surface area contributed by atoms with Crippen LogP contribution in [0.3, 0.4) is 0 Å². The van der Waals surface area contributed by atoms with E-state index in [2.05, 4.69) is 24.0 Å². The Kier molecular flexibility index (Phi) is 6.52. The minimum Gasteiger partial charge on any atom is -0.353 e. The molecule has 160 valence electrons. The van der Waals surface area contributed by atoms with E-state index in [0.29, 0.717) is 13.1 Å². The number of aryl methyl sites for hydroxylation is 2. The SMILES string of the molecule is CCc1nc(C)nc(N2CCN(C(=O)c3ccccc3)CC2)c1Cc1ccc(Cl)cc1. The summed E-state index contributed by atoms with van der Waals surface area (Å²) < 4.78 is 0. The second-order valence-corrected chi connectivity index (χ2v) is 8.26. The van der Waals surface area contributed by atoms with Gasteiger partial charge in [-0.05, 0) is 43.2 Å². The number of rotatable bonds is 5. The number of hydrogen-bond acceptors (Lipinski definition) is 4. The molecule has 3 aromatic rings. The number of halogens is 1. The standard InChI is InChI=1S/C25H27ClN4O/c1-3-23-22(17-19-9-11-21(26)12-10-19)24(28-18(2)27-23)29-13-15-30(16-14-29)25(31)20-7-5-4-6-8-20/h4-12H,3,13-17H2,1-2H3. The maximum absolute atomic E-state index is 12.8. The van der Waals surface area contributed by atoms with Crippen molar-refractivity contribution < 1.29 is 4.79 Å². The van der Waals surface area contributed by atoms with Crippen LogP contribution < -0.4 is 4.90 Å². The first-order valence-corrected chi connectivity index (χ1v) is 11.1. The molecule has 2 heterocycles. The maximum atomic E-state index is 12.8. The smallest absolute Gasteiger partial charge is 0.253 e. The van der Waals surface area contributed by atoms with Crippen LogP contribution in [0.25, 0.3) is 0 Å². The quantitative estimate of drug-likeness (QED) is 0.591. The van der Waals surface area contributed by atoms with Crippen molar-refractivity contribution >= 4 is 23.3 Å². The average Bonchev–Trinajstić information content (AvgIpc) is 2.81. The van der Waals surface area contributed by atoms with Crippen LogP contribution in [0.2, 0.25) is 5.02 Å². The van der Waals surface area contributed by atoms with Crippen molar-refractivity contribution in [3.63, 3.8) is 0 Å². The zero-order chi connectivity index (χ0) is 21.8. The van der Waals surface area contributed by atoms with Gasteiger partial charge in [0, 0.05) is 54.4 Å². The van der Waals surface area contributed by atoms with Crippen LogP contribution in [0, 0.1) is 6.92 Å². The van der Waals surface area contributed by atoms with E-state index >= 15 is 0 Å². The van der Waals surface area contributed by atoms with Gasteiger partial charge in [-0.3, -0.25) is 4.79 Å². The fourth-order valence-corrected chi connectivity index (χ4v) is 4.19. The predicted molar refractivity (Wildman–Crippen MR) is 125 cm³/mol. The van der Waals surface area contributed by atoms with Gasteiger partial charge >= 0.3 is 0 Å². The highest BCUT2D eigenvalue weighted by molar-refractivity contribution is 6.30. The number of aromatic nitrogens is 2. The Labute approximate surface area is 188 Å². The Hall–Kier alpha value is -2.92. The van der Waals surface area contributed by atoms with Crippen molar-refractivity contribution in [2.45, 2.75) is 26.7 Å². The number of anilines is 1. The van der Waals surface area contributed by atoms with Crippen molar-refractivity contribution in [3.8, 4) is 0 Å². The molecule has 5 nitrogen and oxygen atoms in total. The predicted octanol–water partition coefficient (Wildman–Crippen LogP) is 4.55. The van der Waals surface area contributed by atoms with Crippen LogP contribution in [0.5, 0.6) is 0 Å². The summed E-state index contributed by atoms with van der Waals surface area (Å²) in [6.07, 6.45) is 1.62. The number of piperazine rings is 1. The third-order valence-corrected chi connectivity index (χ3v) is 5.95. The fraction of sp³-hybridized carbons (Fsp3) is 0.320. The van der Waals surface area contributed by atoms with Gasteiger partial charge in [0.05, 0.1) is 0 Å². The van der Waals surface area contributed by atoms with Gasteiger partial charge < -0.3 is 9.80 Å². The van der Waals surface area contributed by atoms with E-state index < -0.39 is 0 Å². The van der Waals surface area contributed by atoms with Gasteiger partial charge in [-0.25, -0.2) is 9.97 Å². The van der Waals surface area contributed by atoms with Gasteiger partial charge in [-0.1, -0.05) is 48.9 Å². The molecule has 4 rings (SSSR count). The summed E-state index contributed by atoms with van der Waals surface area (Å²) in [5.74, 6) is 1.87. The topological polar surface area (TPSA) is 49.3 Å². The summed E-state index contributed by atoms with van der Waals surface area (Å²) in [6.45, 7) is 6.95. The van der Waals surface area contributed by atoms with E-state index in [1.54, 1.807) is 0 Å². The van der Waals surface area contributed by atoms with Crippen LogP contribution in [-0.2, 0) is 12.8 Å². The van der Waals surface area contributed by atoms with Crippen molar-refractivity contribution in [3.05, 3.63) is 87.8 Å². The molecule has 2 aromatic carbocycles. The van der Waals surface area contributed by atoms with Crippen molar-refractivity contribution in [2.75, 3.05) is 31.1 Å². The maximum Gasteiger partial charge on any atom is 0.253 e. The molecule has 1 saturated heterocycles. The summed E-state index contributed by atoms with van der Waals surface area (Å²) in [6, 6.07) is 17.4. The number of carbonyl (C=O) groups excluding carboxylic acids is 1. The zero-order valence-electron chi connectivity index (χ0n) is 18.0. The molecular weight excluding hydrogens is 408 g/mol. The lowest BCUT2D eigenvalue weighted by Gasteiger charge is -2.36. The molecule has 0 spiro atoms. The first-order valence-electron chi connectivity index (χ1n) is 10.7. The van der Waals surface area contributed by atoms with Crippen LogP contribution in [0.4, 0.5) is 5.82 Å². The lowest BCUT2D eigenvalue weighted by molar-refractivity contribution is 0.0746. The molecule has 0 bridgehead atoms. The van der Waals surface area contributed by atoms with Gasteiger partial charge in [0.15, 0.2) is 0 Å². The number of carbonyl (C=O) groups is 1. The Bertz CT molecular complexity index is 1050. The molecule has 31 heavy (non-hydrogen) atoms. The van der Waals surface area contributed by atoms with Crippen molar-refractivity contribution in [1.29, 1.82) is 0 Å². The Morgan fingerprint density at radius 2 is 1.65 bits per heavy atom. The molecule has 1 aliphatic heterocycles. The summed E-state index contributed by atoms with van der Waals surface area (Å²) in [7, 11) is 0. The van der Waals surface area contributed by atoms with E-state index in [9.17, 15) is 4.79 Å². The molecule has 0 N–H and O–H groups in total. The molecule has 1 aliphatic rings. The molecule has 1 amide bonds. The summed E-state index contributed by atoms with van der Waals surface area (Å²) in [5.41, 5.74) is 4.18. The zero-order valence-corrected chi connectivity index (χ0v) is 18.8. The number of benzene rings is 2. The first-order chi connectivity index (χ1) is 15.0. The minimum absolute atomic E-state index is 0.0924. The van der Waals surface area contributed by atoms with Crippen LogP contribution in [0.1, 0.15) is 39.9 Å². The normalized spacial score (nSPS) is 14.0. The average molecular weight is 435 g/mol. The molecule has 0 radical (unpaired) electrons. The minimum atomic E-state index is 0.0924. The van der Waals surface area contributed by atoms with E-state index in [1.165, 1.54) is 11.1 Å². The Balaban J connectivity index is 1.56.